The fourth-order valence-corrected chi connectivity index (χ4v) is 8.74. The summed E-state index contributed by atoms with van der Waals surface area (Å²) in [6.45, 7) is 0.414. The largest absolute Gasteiger partial charge is 0.494 e. The first-order chi connectivity index (χ1) is 26.0. The molecule has 2 saturated carbocycles. The number of amides is 5. The van der Waals surface area contributed by atoms with E-state index >= 15 is 0 Å². The molecule has 3 aliphatic heterocycles. The number of fused-ring (bicyclic) bond motifs is 8. The molecule has 0 unspecified atom stereocenters. The van der Waals surface area contributed by atoms with Crippen molar-refractivity contribution >= 4 is 39.7 Å². The van der Waals surface area contributed by atoms with Gasteiger partial charge in [0.1, 0.15) is 29.1 Å². The van der Waals surface area contributed by atoms with E-state index in [-0.39, 0.29) is 38.1 Å². The molecule has 5 atom stereocenters. The Labute approximate surface area is 314 Å². The summed E-state index contributed by atoms with van der Waals surface area (Å²) in [5.74, 6) is -2.34. The van der Waals surface area contributed by atoms with Crippen molar-refractivity contribution in [1.82, 2.24) is 30.6 Å². The number of allylic oxidation sites excluding steroid dienone is 1. The Kier molecular flexibility index (Phi) is 10.9. The number of carbonyl (C=O) groups excluding carboxylic acids is 5. The van der Waals surface area contributed by atoms with E-state index in [1.54, 1.807) is 18.2 Å². The zero-order valence-electron chi connectivity index (χ0n) is 30.0. The highest BCUT2D eigenvalue weighted by Crippen LogP contribution is 2.46. The van der Waals surface area contributed by atoms with Crippen LogP contribution in [0.15, 0.2) is 54.6 Å². The maximum Gasteiger partial charge on any atom is 0.407 e. The lowest BCUT2D eigenvalue weighted by molar-refractivity contribution is -0.141. The molecule has 0 radical (unpaired) electrons. The van der Waals surface area contributed by atoms with E-state index in [0.717, 1.165) is 18.4 Å². The van der Waals surface area contributed by atoms with Gasteiger partial charge >= 0.3 is 6.09 Å². The summed E-state index contributed by atoms with van der Waals surface area (Å²) in [6, 6.07) is 9.54. The van der Waals surface area contributed by atoms with Gasteiger partial charge in [-0.25, -0.2) is 18.2 Å². The fraction of sp³-hybridized carbons (Fsp3) is 0.526. The number of sulfonamides is 1. The van der Waals surface area contributed by atoms with Crippen molar-refractivity contribution in [2.75, 3.05) is 19.8 Å². The van der Waals surface area contributed by atoms with Gasteiger partial charge in [-0.1, -0.05) is 43.2 Å². The first kappa shape index (κ1) is 37.3. The SMILES string of the molecule is O=C1N[C@H]2CCCCCC=C[C@@H]3C[C@@]3(C(=O)NS(=O)(=O)C3CC3)NC(=O)[C@@H]3C[C@H](CN3C2=O)NC(=O)c2cccc(n2)-c2cccc(c2)OCCCCO1. The first-order valence-electron chi connectivity index (χ1n) is 18.8. The highest BCUT2D eigenvalue weighted by molar-refractivity contribution is 7.91. The van der Waals surface area contributed by atoms with Gasteiger partial charge in [0.2, 0.25) is 21.8 Å². The zero-order chi connectivity index (χ0) is 37.9. The Morgan fingerprint density at radius 3 is 2.50 bits per heavy atom. The van der Waals surface area contributed by atoms with Crippen molar-refractivity contribution in [3.63, 3.8) is 0 Å². The average Bonchev–Trinajstić information content (AvgIpc) is 4.08. The van der Waals surface area contributed by atoms with Crippen molar-refractivity contribution in [2.24, 2.45) is 5.92 Å². The summed E-state index contributed by atoms with van der Waals surface area (Å²) in [4.78, 5) is 74.9. The number of carbonyl (C=O) groups is 5. The van der Waals surface area contributed by atoms with Crippen molar-refractivity contribution < 1.29 is 41.9 Å². The predicted molar refractivity (Wildman–Crippen MR) is 195 cm³/mol. The minimum atomic E-state index is -3.90. The van der Waals surface area contributed by atoms with Gasteiger partial charge in [0.15, 0.2) is 0 Å². The highest BCUT2D eigenvalue weighted by atomic mass is 32.2. The van der Waals surface area contributed by atoms with Crippen molar-refractivity contribution in [3.8, 4) is 17.0 Å². The molecule has 54 heavy (non-hydrogen) atoms. The van der Waals surface area contributed by atoms with Crippen LogP contribution in [0.5, 0.6) is 5.75 Å². The summed E-state index contributed by atoms with van der Waals surface area (Å²) in [6.07, 6.45) is 8.32. The Hall–Kier alpha value is -4.99. The van der Waals surface area contributed by atoms with Gasteiger partial charge in [-0.05, 0) is 82.1 Å². The predicted octanol–water partition coefficient (Wildman–Crippen LogP) is 2.72. The molecular weight excluding hydrogens is 717 g/mol. The molecule has 1 aromatic carbocycles. The number of nitrogens with one attached hydrogen (secondary N) is 4. The van der Waals surface area contributed by atoms with Gasteiger partial charge in [0.25, 0.3) is 11.8 Å². The molecule has 1 aromatic heterocycles. The minimum absolute atomic E-state index is 0.00185. The first-order valence-corrected chi connectivity index (χ1v) is 20.4. The van der Waals surface area contributed by atoms with Crippen LogP contribution in [-0.2, 0) is 29.1 Å². The Balaban J connectivity index is 1.19. The lowest BCUT2D eigenvalue weighted by Gasteiger charge is -2.30. The van der Waals surface area contributed by atoms with Gasteiger partial charge in [-0.15, -0.1) is 0 Å². The van der Waals surface area contributed by atoms with Gasteiger partial charge in [0.05, 0.1) is 24.2 Å². The standard InChI is InChI=1S/C38H46N6O9S/c45-33-30-15-9-14-29(40-30)24-10-8-12-27(20-24)52-18-6-7-19-53-37(49)41-31-13-5-3-1-2-4-11-25-22-38(25,36(48)43-54(50,51)28-16-17-28)42-34(46)32-21-26(39-33)23-44(32)35(31)47/h4,8-12,14-15,20,25-26,28,31-32H,1-3,5-7,13,16-19,21-23H2,(H,39,45)(H,41,49)(H,42,46)(H,43,48)/t25-,26-,31+,32+,38-/m1/s1. The quantitative estimate of drug-likeness (QED) is 0.337. The van der Waals surface area contributed by atoms with Crippen LogP contribution in [0, 0.1) is 5.92 Å². The van der Waals surface area contributed by atoms with Gasteiger partial charge < -0.3 is 30.3 Å². The maximum atomic E-state index is 14.4. The van der Waals surface area contributed by atoms with Crippen molar-refractivity contribution in [2.45, 2.75) is 99.5 Å². The molecule has 2 aromatic rings. The number of ether oxygens (including phenoxy) is 2. The minimum Gasteiger partial charge on any atom is -0.494 e. The van der Waals surface area contributed by atoms with Crippen molar-refractivity contribution in [3.05, 3.63) is 60.3 Å². The van der Waals surface area contributed by atoms with E-state index in [9.17, 15) is 32.4 Å². The molecule has 5 aliphatic rings. The van der Waals surface area contributed by atoms with Gasteiger partial charge in [-0.3, -0.25) is 23.9 Å². The number of alkyl carbamates (subject to hydrolysis) is 1. The van der Waals surface area contributed by atoms with E-state index in [1.807, 2.05) is 36.4 Å². The number of benzene rings is 1. The molecule has 0 spiro atoms. The zero-order valence-corrected chi connectivity index (χ0v) is 30.8. The van der Waals surface area contributed by atoms with Crippen LogP contribution in [0.2, 0.25) is 0 Å². The summed E-state index contributed by atoms with van der Waals surface area (Å²) in [5.41, 5.74) is -0.104. The van der Waals surface area contributed by atoms with Gasteiger partial charge in [-0.2, -0.15) is 0 Å². The molecule has 4 N–H and O–H groups in total. The van der Waals surface area contributed by atoms with Crippen LogP contribution in [0.1, 0.15) is 81.1 Å². The molecule has 5 amide bonds. The number of nitrogens with zero attached hydrogens (tertiary/aromatic N) is 2. The number of hydrogen-bond donors (Lipinski definition) is 4. The lowest BCUT2D eigenvalue weighted by Crippen LogP contribution is -2.58. The third-order valence-electron chi connectivity index (χ3n) is 10.7. The normalized spacial score (nSPS) is 28.3. The van der Waals surface area contributed by atoms with Gasteiger partial charge in [0, 0.05) is 24.1 Å². The van der Waals surface area contributed by atoms with Crippen LogP contribution in [0.25, 0.3) is 11.3 Å². The van der Waals surface area contributed by atoms with Crippen LogP contribution in [0.4, 0.5) is 4.79 Å². The summed E-state index contributed by atoms with van der Waals surface area (Å²) in [7, 11) is -3.90. The molecule has 2 aliphatic carbocycles. The molecule has 3 fully saturated rings. The summed E-state index contributed by atoms with van der Waals surface area (Å²) in [5, 5.41) is 7.85. The third-order valence-corrected chi connectivity index (χ3v) is 12.5. The number of pyridine rings is 1. The van der Waals surface area contributed by atoms with E-state index in [1.165, 1.54) is 4.90 Å². The molecule has 16 heteroatoms. The Bertz CT molecular complexity index is 1930. The van der Waals surface area contributed by atoms with Crippen LogP contribution in [-0.4, -0.2) is 96.7 Å². The lowest BCUT2D eigenvalue weighted by atomic mass is 10.0. The van der Waals surface area contributed by atoms with E-state index < -0.39 is 74.6 Å². The molecule has 7 rings (SSSR count). The number of hydrogen-bond acceptors (Lipinski definition) is 10. The monoisotopic (exact) mass is 762 g/mol. The second kappa shape index (κ2) is 15.8. The molecule has 1 saturated heterocycles. The fourth-order valence-electron chi connectivity index (χ4n) is 7.37. The summed E-state index contributed by atoms with van der Waals surface area (Å²) < 4.78 is 39.1. The Morgan fingerprint density at radius 2 is 1.69 bits per heavy atom. The molecule has 7 bridgehead atoms. The molecule has 4 heterocycles. The van der Waals surface area contributed by atoms with Crippen LogP contribution < -0.4 is 25.4 Å². The second-order valence-corrected chi connectivity index (χ2v) is 16.7. The topological polar surface area (TPSA) is 202 Å². The van der Waals surface area contributed by atoms with Crippen molar-refractivity contribution in [1.29, 1.82) is 0 Å². The third kappa shape index (κ3) is 8.53. The number of aromatic nitrogens is 1. The van der Waals surface area contributed by atoms with E-state index in [0.29, 0.717) is 56.6 Å². The molecule has 15 nitrogen and oxygen atoms in total. The highest BCUT2D eigenvalue weighted by Gasteiger charge is 2.62. The molecular formula is C38H46N6O9S. The number of cyclic esters (lactones) is 1. The maximum absolute atomic E-state index is 14.4. The van der Waals surface area contributed by atoms with Crippen LogP contribution >= 0.6 is 0 Å². The Morgan fingerprint density at radius 1 is 0.907 bits per heavy atom. The van der Waals surface area contributed by atoms with E-state index in [2.05, 4.69) is 25.7 Å². The smallest absolute Gasteiger partial charge is 0.407 e. The van der Waals surface area contributed by atoms with E-state index in [4.69, 9.17) is 9.47 Å². The summed E-state index contributed by atoms with van der Waals surface area (Å²) >= 11 is 0. The second-order valence-electron chi connectivity index (χ2n) is 14.7. The van der Waals surface area contributed by atoms with Crippen LogP contribution in [0.3, 0.4) is 0 Å². The average molecular weight is 763 g/mol. The molecule has 288 valence electrons. The number of rotatable bonds is 3.